The van der Waals surface area contributed by atoms with Crippen LogP contribution in [0.5, 0.6) is 0 Å². The van der Waals surface area contributed by atoms with Gasteiger partial charge in [-0.25, -0.2) is 4.98 Å². The number of aryl methyl sites for hydroxylation is 1. The van der Waals surface area contributed by atoms with Crippen LogP contribution in [-0.2, 0) is 7.05 Å². The van der Waals surface area contributed by atoms with Gasteiger partial charge < -0.3 is 5.73 Å². The second kappa shape index (κ2) is 3.31. The maximum Gasteiger partial charge on any atom is 0.131 e. The normalized spacial score (nSPS) is 11.1. The lowest BCUT2D eigenvalue weighted by atomic mass is 10.3. The summed E-state index contributed by atoms with van der Waals surface area (Å²) >= 11 is 1.63. The Bertz CT molecular complexity index is 620. The lowest BCUT2D eigenvalue weighted by Gasteiger charge is -1.94. The fourth-order valence-electron chi connectivity index (χ4n) is 1.60. The Morgan fingerprint density at radius 2 is 2.12 bits per heavy atom. The third-order valence-electron chi connectivity index (χ3n) is 2.51. The molecule has 2 heterocycles. The largest absolute Gasteiger partial charge is 0.383 e. The monoisotopic (exact) mass is 230 g/mol. The summed E-state index contributed by atoms with van der Waals surface area (Å²) in [5.41, 5.74) is 7.84. The van der Waals surface area contributed by atoms with Crippen molar-refractivity contribution in [2.45, 2.75) is 0 Å². The molecule has 0 saturated carbocycles. The molecule has 0 aliphatic heterocycles. The third kappa shape index (κ3) is 1.29. The number of hydrogen-bond acceptors (Lipinski definition) is 4. The van der Waals surface area contributed by atoms with Crippen LogP contribution in [-0.4, -0.2) is 14.8 Å². The Labute approximate surface area is 96.3 Å². The van der Waals surface area contributed by atoms with Crippen LogP contribution in [0.15, 0.2) is 30.5 Å². The van der Waals surface area contributed by atoms with Crippen molar-refractivity contribution in [1.82, 2.24) is 14.8 Å². The van der Waals surface area contributed by atoms with Crippen molar-refractivity contribution in [2.24, 2.45) is 7.05 Å². The van der Waals surface area contributed by atoms with Gasteiger partial charge >= 0.3 is 0 Å². The quantitative estimate of drug-likeness (QED) is 0.697. The van der Waals surface area contributed by atoms with Crippen LogP contribution >= 0.6 is 11.3 Å². The van der Waals surface area contributed by atoms with Gasteiger partial charge in [-0.1, -0.05) is 12.1 Å². The minimum atomic E-state index is 0.652. The molecule has 0 saturated heterocycles. The SMILES string of the molecule is Cn1ncc(-c2nc3ccccc3s2)c1N. The predicted molar refractivity (Wildman–Crippen MR) is 66.2 cm³/mol. The standard InChI is InChI=1S/C11H10N4S/c1-15-10(12)7(6-13-15)11-14-8-4-2-3-5-9(8)16-11/h2-6H,12H2,1H3. The Morgan fingerprint density at radius 3 is 2.81 bits per heavy atom. The molecule has 5 heteroatoms. The highest BCUT2D eigenvalue weighted by Crippen LogP contribution is 2.32. The fourth-order valence-corrected chi connectivity index (χ4v) is 2.58. The molecule has 1 aromatic carbocycles. The van der Waals surface area contributed by atoms with E-state index in [2.05, 4.69) is 16.1 Å². The van der Waals surface area contributed by atoms with Crippen LogP contribution in [0.4, 0.5) is 5.82 Å². The van der Waals surface area contributed by atoms with Crippen LogP contribution in [0.2, 0.25) is 0 Å². The zero-order valence-corrected chi connectivity index (χ0v) is 9.53. The predicted octanol–water partition coefficient (Wildman–Crippen LogP) is 2.28. The fraction of sp³-hybridized carbons (Fsp3) is 0.0909. The van der Waals surface area contributed by atoms with Gasteiger partial charge in [0.25, 0.3) is 0 Å². The van der Waals surface area contributed by atoms with E-state index in [1.807, 2.05) is 25.2 Å². The summed E-state index contributed by atoms with van der Waals surface area (Å²) in [7, 11) is 1.83. The number of nitrogens with two attached hydrogens (primary N) is 1. The minimum absolute atomic E-state index is 0.652. The summed E-state index contributed by atoms with van der Waals surface area (Å²) in [6.45, 7) is 0. The van der Waals surface area contributed by atoms with Gasteiger partial charge in [-0.15, -0.1) is 11.3 Å². The maximum absolute atomic E-state index is 5.92. The molecular formula is C11H10N4S. The molecule has 0 fully saturated rings. The van der Waals surface area contributed by atoms with Gasteiger partial charge in [-0.3, -0.25) is 4.68 Å². The van der Waals surface area contributed by atoms with Crippen LogP contribution in [0, 0.1) is 0 Å². The summed E-state index contributed by atoms with van der Waals surface area (Å²) in [6.07, 6.45) is 1.76. The van der Waals surface area contributed by atoms with E-state index in [9.17, 15) is 0 Å². The molecule has 2 N–H and O–H groups in total. The number of aromatic nitrogens is 3. The first-order chi connectivity index (χ1) is 7.75. The van der Waals surface area contributed by atoms with Crippen molar-refractivity contribution in [3.05, 3.63) is 30.5 Å². The van der Waals surface area contributed by atoms with E-state index in [-0.39, 0.29) is 0 Å². The van der Waals surface area contributed by atoms with Crippen LogP contribution < -0.4 is 5.73 Å². The van der Waals surface area contributed by atoms with Crippen molar-refractivity contribution < 1.29 is 0 Å². The average molecular weight is 230 g/mol. The number of nitrogen functional groups attached to an aromatic ring is 1. The van der Waals surface area contributed by atoms with Gasteiger partial charge in [0.2, 0.25) is 0 Å². The maximum atomic E-state index is 5.92. The Balaban J connectivity index is 2.23. The van der Waals surface area contributed by atoms with Crippen LogP contribution in [0.3, 0.4) is 0 Å². The minimum Gasteiger partial charge on any atom is -0.383 e. The first-order valence-electron chi connectivity index (χ1n) is 4.89. The Morgan fingerprint density at radius 1 is 1.31 bits per heavy atom. The lowest BCUT2D eigenvalue weighted by molar-refractivity contribution is 0.779. The highest BCUT2D eigenvalue weighted by Gasteiger charge is 2.11. The first-order valence-corrected chi connectivity index (χ1v) is 5.71. The molecule has 0 bridgehead atoms. The number of thiazole rings is 1. The van der Waals surface area contributed by atoms with Crippen molar-refractivity contribution in [3.8, 4) is 10.6 Å². The molecule has 3 rings (SSSR count). The Kier molecular flexibility index (Phi) is 1.94. The molecule has 0 aliphatic carbocycles. The van der Waals surface area contributed by atoms with Crippen molar-refractivity contribution in [1.29, 1.82) is 0 Å². The van der Waals surface area contributed by atoms with E-state index in [4.69, 9.17) is 5.73 Å². The van der Waals surface area contributed by atoms with E-state index < -0.39 is 0 Å². The van der Waals surface area contributed by atoms with Gasteiger partial charge in [0.15, 0.2) is 0 Å². The van der Waals surface area contributed by atoms with E-state index in [1.165, 1.54) is 4.70 Å². The van der Waals surface area contributed by atoms with Gasteiger partial charge in [0.1, 0.15) is 10.8 Å². The van der Waals surface area contributed by atoms with Crippen molar-refractivity contribution in [3.63, 3.8) is 0 Å². The number of para-hydroxylation sites is 1. The smallest absolute Gasteiger partial charge is 0.131 e. The van der Waals surface area contributed by atoms with Gasteiger partial charge in [-0.05, 0) is 12.1 Å². The molecule has 2 aromatic heterocycles. The highest BCUT2D eigenvalue weighted by molar-refractivity contribution is 7.21. The summed E-state index contributed by atoms with van der Waals surface area (Å²) in [6, 6.07) is 8.06. The van der Waals surface area contributed by atoms with Crippen LogP contribution in [0.1, 0.15) is 0 Å². The molecule has 0 amide bonds. The summed E-state index contributed by atoms with van der Waals surface area (Å²) < 4.78 is 2.82. The second-order valence-electron chi connectivity index (χ2n) is 3.55. The zero-order chi connectivity index (χ0) is 11.1. The second-order valence-corrected chi connectivity index (χ2v) is 4.58. The number of rotatable bonds is 1. The first kappa shape index (κ1) is 9.35. The molecule has 0 aliphatic rings. The molecule has 0 radical (unpaired) electrons. The number of benzene rings is 1. The zero-order valence-electron chi connectivity index (χ0n) is 8.71. The molecule has 16 heavy (non-hydrogen) atoms. The van der Waals surface area contributed by atoms with Gasteiger partial charge in [-0.2, -0.15) is 5.10 Å². The van der Waals surface area contributed by atoms with Gasteiger partial charge in [0, 0.05) is 7.05 Å². The molecule has 3 aromatic rings. The molecule has 80 valence electrons. The third-order valence-corrected chi connectivity index (χ3v) is 3.58. The van der Waals surface area contributed by atoms with E-state index in [0.717, 1.165) is 16.1 Å². The van der Waals surface area contributed by atoms with Crippen molar-refractivity contribution in [2.75, 3.05) is 5.73 Å². The molecular weight excluding hydrogens is 220 g/mol. The Hall–Kier alpha value is -1.88. The summed E-state index contributed by atoms with van der Waals surface area (Å²) in [5, 5.41) is 5.04. The molecule has 0 atom stereocenters. The van der Waals surface area contributed by atoms with Crippen molar-refractivity contribution >= 4 is 27.4 Å². The summed E-state index contributed by atoms with van der Waals surface area (Å²) in [4.78, 5) is 4.54. The molecule has 0 spiro atoms. The van der Waals surface area contributed by atoms with E-state index >= 15 is 0 Å². The topological polar surface area (TPSA) is 56.7 Å². The van der Waals surface area contributed by atoms with E-state index in [1.54, 1.807) is 22.2 Å². The number of fused-ring (bicyclic) bond motifs is 1. The van der Waals surface area contributed by atoms with Gasteiger partial charge in [0.05, 0.1) is 22.0 Å². The summed E-state index contributed by atoms with van der Waals surface area (Å²) in [5.74, 6) is 0.652. The average Bonchev–Trinajstić information content (AvgIpc) is 2.84. The highest BCUT2D eigenvalue weighted by atomic mass is 32.1. The number of nitrogens with zero attached hydrogens (tertiary/aromatic N) is 3. The number of hydrogen-bond donors (Lipinski definition) is 1. The number of anilines is 1. The van der Waals surface area contributed by atoms with Crippen LogP contribution in [0.25, 0.3) is 20.8 Å². The molecule has 4 nitrogen and oxygen atoms in total. The van der Waals surface area contributed by atoms with E-state index in [0.29, 0.717) is 5.82 Å². The molecule has 0 unspecified atom stereocenters. The lowest BCUT2D eigenvalue weighted by Crippen LogP contribution is -1.97.